The zero-order chi connectivity index (χ0) is 19.7. The highest BCUT2D eigenvalue weighted by molar-refractivity contribution is 6.24. The number of nitrogens with two attached hydrogens (primary N) is 1. The highest BCUT2D eigenvalue weighted by Crippen LogP contribution is 2.32. The minimum absolute atomic E-state index is 0.0173. The number of phenolic OH excluding ortho intramolecular Hbond substituents is 2. The fraction of sp³-hybridized carbons (Fsp3) is 0. The summed E-state index contributed by atoms with van der Waals surface area (Å²) in [7, 11) is 0. The smallest absolute Gasteiger partial charge is 0.209 e. The van der Waals surface area contributed by atoms with Gasteiger partial charge in [-0.05, 0) is 24.3 Å². The molecule has 27 heavy (non-hydrogen) atoms. The van der Waals surface area contributed by atoms with Crippen LogP contribution in [0.5, 0.6) is 11.5 Å². The van der Waals surface area contributed by atoms with Gasteiger partial charge in [0.05, 0.1) is 16.8 Å². The Kier molecular flexibility index (Phi) is 4.43. The van der Waals surface area contributed by atoms with Gasteiger partial charge in [0.25, 0.3) is 0 Å². The van der Waals surface area contributed by atoms with E-state index < -0.39 is 11.6 Å². The van der Waals surface area contributed by atoms with Crippen LogP contribution < -0.4 is 5.73 Å². The van der Waals surface area contributed by atoms with Crippen LogP contribution in [0, 0.1) is 0 Å². The number of carbonyl (C=O) groups is 4. The highest BCUT2D eigenvalue weighted by Gasteiger charge is 2.25. The van der Waals surface area contributed by atoms with Crippen molar-refractivity contribution in [3.63, 3.8) is 0 Å². The number of carbonyl (C=O) groups excluding carboxylic acids is 4. The molecule has 4 N–H and O–H groups in total. The average Bonchev–Trinajstić information content (AvgIpc) is 2.65. The monoisotopic (exact) mass is 363 g/mol. The molecule has 7 heteroatoms. The summed E-state index contributed by atoms with van der Waals surface area (Å²) in [5.41, 5.74) is 5.96. The van der Waals surface area contributed by atoms with Crippen LogP contribution in [0.4, 0.5) is 0 Å². The molecule has 2 aromatic rings. The summed E-state index contributed by atoms with van der Waals surface area (Å²) < 4.78 is 0. The van der Waals surface area contributed by atoms with E-state index in [2.05, 4.69) is 0 Å². The lowest BCUT2D eigenvalue weighted by molar-refractivity contribution is 0.0983. The first-order chi connectivity index (χ1) is 12.8. The minimum Gasteiger partial charge on any atom is -0.507 e. The van der Waals surface area contributed by atoms with Gasteiger partial charge < -0.3 is 15.9 Å². The van der Waals surface area contributed by atoms with Gasteiger partial charge in [0, 0.05) is 17.2 Å². The molecule has 134 valence electrons. The van der Waals surface area contributed by atoms with Crippen molar-refractivity contribution in [3.05, 3.63) is 82.6 Å². The van der Waals surface area contributed by atoms with E-state index in [1.807, 2.05) is 0 Å². The normalized spacial score (nSPS) is 14.7. The lowest BCUT2D eigenvalue weighted by Gasteiger charge is -2.11. The Balaban J connectivity index is 0.000000156. The zero-order valence-corrected chi connectivity index (χ0v) is 13.8. The summed E-state index contributed by atoms with van der Waals surface area (Å²) >= 11 is 0. The van der Waals surface area contributed by atoms with Crippen molar-refractivity contribution < 1.29 is 29.4 Å². The number of phenols is 2. The Labute approximate surface area is 153 Å². The van der Waals surface area contributed by atoms with E-state index in [1.54, 1.807) is 24.3 Å². The van der Waals surface area contributed by atoms with Gasteiger partial charge in [0.15, 0.2) is 17.3 Å². The summed E-state index contributed by atoms with van der Waals surface area (Å²) in [4.78, 5) is 45.3. The summed E-state index contributed by atoms with van der Waals surface area (Å²) in [6.45, 7) is 0. The zero-order valence-electron chi connectivity index (χ0n) is 13.8. The first-order valence-electron chi connectivity index (χ1n) is 7.78. The van der Waals surface area contributed by atoms with E-state index in [0.29, 0.717) is 11.1 Å². The second-order valence-corrected chi connectivity index (χ2v) is 5.75. The maximum Gasteiger partial charge on any atom is 0.209 e. The predicted molar refractivity (Wildman–Crippen MR) is 94.9 cm³/mol. The summed E-state index contributed by atoms with van der Waals surface area (Å²) in [5, 5.41) is 18.7. The summed E-state index contributed by atoms with van der Waals surface area (Å²) in [5.74, 6) is -2.01. The number of hydrogen-bond donors (Lipinski definition) is 3. The number of Topliss-reactive ketones (excluding diaryl/α,β-unsaturated/α-hetero) is 1. The molecule has 2 aromatic carbocycles. The van der Waals surface area contributed by atoms with E-state index in [1.165, 1.54) is 18.2 Å². The van der Waals surface area contributed by atoms with Gasteiger partial charge in [0.2, 0.25) is 5.78 Å². The number of ketones is 4. The standard InChI is InChI=1S/C10H7NO2.C10H6O4/c11-8-5-9(12)6-3-1-2-4-7(6)10(8)13;11-5-1-2-6(12)10-8(14)4-3-7(13)9(5)10/h1-5H,11H2;1-4,11-12H. The van der Waals surface area contributed by atoms with Gasteiger partial charge >= 0.3 is 0 Å². The topological polar surface area (TPSA) is 135 Å². The molecule has 0 unspecified atom stereocenters. The van der Waals surface area contributed by atoms with Crippen molar-refractivity contribution in [2.75, 3.05) is 0 Å². The molecule has 2 aliphatic carbocycles. The maximum atomic E-state index is 11.4. The quantitative estimate of drug-likeness (QED) is 0.609. The fourth-order valence-electron chi connectivity index (χ4n) is 2.73. The van der Waals surface area contributed by atoms with Crippen LogP contribution in [0.25, 0.3) is 0 Å². The van der Waals surface area contributed by atoms with Crippen molar-refractivity contribution in [2.45, 2.75) is 0 Å². The Bertz CT molecular complexity index is 1030. The predicted octanol–water partition coefficient (Wildman–Crippen LogP) is 1.94. The van der Waals surface area contributed by atoms with Gasteiger partial charge in [-0.3, -0.25) is 19.2 Å². The van der Waals surface area contributed by atoms with Crippen molar-refractivity contribution in [3.8, 4) is 11.5 Å². The largest absolute Gasteiger partial charge is 0.507 e. The van der Waals surface area contributed by atoms with Gasteiger partial charge in [0.1, 0.15) is 11.5 Å². The molecule has 4 rings (SSSR count). The van der Waals surface area contributed by atoms with Crippen LogP contribution in [-0.2, 0) is 0 Å². The molecule has 0 amide bonds. The average molecular weight is 363 g/mol. The number of benzene rings is 2. The van der Waals surface area contributed by atoms with E-state index in [0.717, 1.165) is 12.2 Å². The number of fused-ring (bicyclic) bond motifs is 2. The highest BCUT2D eigenvalue weighted by atomic mass is 16.3. The van der Waals surface area contributed by atoms with E-state index in [-0.39, 0.29) is 39.9 Å². The number of aromatic hydroxyl groups is 2. The van der Waals surface area contributed by atoms with Crippen LogP contribution in [0.3, 0.4) is 0 Å². The molecule has 0 aliphatic heterocycles. The first kappa shape index (κ1) is 17.8. The van der Waals surface area contributed by atoms with Gasteiger partial charge in [-0.2, -0.15) is 0 Å². The molecule has 0 bridgehead atoms. The second kappa shape index (κ2) is 6.72. The van der Waals surface area contributed by atoms with Gasteiger partial charge in [-0.25, -0.2) is 0 Å². The Hall–Kier alpha value is -4.00. The molecule has 0 heterocycles. The second-order valence-electron chi connectivity index (χ2n) is 5.75. The van der Waals surface area contributed by atoms with Gasteiger partial charge in [-0.1, -0.05) is 24.3 Å². The third kappa shape index (κ3) is 3.13. The van der Waals surface area contributed by atoms with Crippen LogP contribution in [0.1, 0.15) is 41.4 Å². The number of rotatable bonds is 0. The van der Waals surface area contributed by atoms with Crippen LogP contribution >= 0.6 is 0 Å². The number of hydrogen-bond acceptors (Lipinski definition) is 7. The Morgan fingerprint density at radius 1 is 0.667 bits per heavy atom. The summed E-state index contributed by atoms with van der Waals surface area (Å²) in [6, 6.07) is 9.02. The molecule has 0 aromatic heterocycles. The van der Waals surface area contributed by atoms with Crippen LogP contribution in [0.2, 0.25) is 0 Å². The molecule has 7 nitrogen and oxygen atoms in total. The molecular formula is C20H13NO6. The van der Waals surface area contributed by atoms with E-state index in [9.17, 15) is 29.4 Å². The molecule has 0 spiro atoms. The van der Waals surface area contributed by atoms with Gasteiger partial charge in [-0.15, -0.1) is 0 Å². The van der Waals surface area contributed by atoms with Crippen molar-refractivity contribution in [1.82, 2.24) is 0 Å². The Morgan fingerprint density at radius 2 is 1.15 bits per heavy atom. The molecule has 0 fully saturated rings. The SMILES string of the molecule is NC1=CC(=O)c2ccccc2C1=O.O=C1C=CC(=O)c2c(O)ccc(O)c21. The van der Waals surface area contributed by atoms with Crippen LogP contribution in [0.15, 0.2) is 60.3 Å². The van der Waals surface area contributed by atoms with Crippen LogP contribution in [-0.4, -0.2) is 33.3 Å². The lowest BCUT2D eigenvalue weighted by atomic mass is 9.93. The molecule has 0 radical (unpaired) electrons. The molecule has 2 aliphatic rings. The molecular weight excluding hydrogens is 350 g/mol. The van der Waals surface area contributed by atoms with Crippen molar-refractivity contribution >= 4 is 23.1 Å². The minimum atomic E-state index is -0.479. The summed E-state index contributed by atoms with van der Waals surface area (Å²) in [6.07, 6.45) is 3.32. The lowest BCUT2D eigenvalue weighted by Crippen LogP contribution is -2.21. The van der Waals surface area contributed by atoms with Crippen molar-refractivity contribution in [1.29, 1.82) is 0 Å². The maximum absolute atomic E-state index is 11.4. The van der Waals surface area contributed by atoms with E-state index in [4.69, 9.17) is 5.73 Å². The fourth-order valence-corrected chi connectivity index (χ4v) is 2.73. The molecule has 0 saturated heterocycles. The molecule has 0 saturated carbocycles. The number of allylic oxidation sites excluding steroid dienone is 4. The van der Waals surface area contributed by atoms with E-state index >= 15 is 0 Å². The Morgan fingerprint density at radius 3 is 1.67 bits per heavy atom. The third-order valence-electron chi connectivity index (χ3n) is 4.03. The van der Waals surface area contributed by atoms with Crippen molar-refractivity contribution in [2.24, 2.45) is 5.73 Å². The third-order valence-corrected chi connectivity index (χ3v) is 4.03. The first-order valence-corrected chi connectivity index (χ1v) is 7.78. The molecule has 0 atom stereocenters.